The summed E-state index contributed by atoms with van der Waals surface area (Å²) in [6, 6.07) is 0. The van der Waals surface area contributed by atoms with Gasteiger partial charge in [0.1, 0.15) is 6.61 Å². The molecule has 1 atom stereocenters. The normalized spacial score (nSPS) is 11.6. The third-order valence-corrected chi connectivity index (χ3v) is 7.28. The van der Waals surface area contributed by atoms with E-state index in [1.54, 1.807) is 0 Å². The zero-order valence-electron chi connectivity index (χ0n) is 27.7. The molecule has 0 aromatic carbocycles. The summed E-state index contributed by atoms with van der Waals surface area (Å²) >= 11 is 0. The summed E-state index contributed by atoms with van der Waals surface area (Å²) in [5.74, 6) is -1.06. The minimum absolute atomic E-state index is 0. The Hall–Kier alpha value is 0.520. The molecule has 43 heavy (non-hydrogen) atoms. The van der Waals surface area contributed by atoms with E-state index in [0.29, 0.717) is 19.4 Å². The van der Waals surface area contributed by atoms with Crippen molar-refractivity contribution in [2.75, 3.05) is 19.8 Å². The molecule has 242 valence electrons. The number of hydrogen-bond donors (Lipinski definition) is 1. The first kappa shape index (κ1) is 47.9. The Morgan fingerprint density at radius 3 is 1.51 bits per heavy atom. The zero-order chi connectivity index (χ0) is 30.6. The number of esters is 2. The van der Waals surface area contributed by atoms with Crippen molar-refractivity contribution < 1.29 is 102 Å². The molecule has 0 fully saturated rings. The predicted octanol–water partition coefficient (Wildman–Crippen LogP) is -0.357. The Morgan fingerprint density at radius 1 is 0.651 bits per heavy atom. The van der Waals surface area contributed by atoms with Crippen LogP contribution in [0.2, 0.25) is 0 Å². The molecular weight excluding hydrogens is 595 g/mol. The molecule has 1 amide bonds. The van der Waals surface area contributed by atoms with Gasteiger partial charge in [0.2, 0.25) is 5.91 Å². The van der Waals surface area contributed by atoms with Gasteiger partial charge in [-0.15, -0.1) is 0 Å². The van der Waals surface area contributed by atoms with Gasteiger partial charge in [0.15, 0.2) is 6.10 Å². The maximum Gasteiger partial charge on any atom is 1.00 e. The Balaban J connectivity index is -0.00000800. The average Bonchev–Trinajstić information content (AvgIpc) is 2.91. The van der Waals surface area contributed by atoms with Crippen LogP contribution in [0.4, 0.5) is 0 Å². The van der Waals surface area contributed by atoms with Crippen LogP contribution in [0.3, 0.4) is 0 Å². The van der Waals surface area contributed by atoms with Gasteiger partial charge in [0.05, 0.1) is 14.4 Å². The van der Waals surface area contributed by atoms with Crippen molar-refractivity contribution in [3.05, 3.63) is 0 Å². The topological polar surface area (TPSA) is 154 Å². The molecule has 13 heteroatoms. The first-order chi connectivity index (χ1) is 19.6. The number of hydrogen-bond acceptors (Lipinski definition) is 9. The van der Waals surface area contributed by atoms with E-state index in [0.717, 1.165) is 51.4 Å². The minimum atomic E-state index is -5.25. The monoisotopic (exact) mass is 651 g/mol. The molecule has 0 aromatic rings. The third kappa shape index (κ3) is 38.6. The van der Waals surface area contributed by atoms with E-state index in [9.17, 15) is 28.7 Å². The number of carbonyl (C=O) groups excluding carboxylic acids is 3. The summed E-state index contributed by atoms with van der Waals surface area (Å²) in [4.78, 5) is 56.8. The Kier molecular flexibility index (Phi) is 37.7. The maximum absolute atomic E-state index is 12.2. The summed E-state index contributed by atoms with van der Waals surface area (Å²) in [6.45, 7) is 3.34. The van der Waals surface area contributed by atoms with Gasteiger partial charge in [-0.25, -0.2) is 0 Å². The van der Waals surface area contributed by atoms with Crippen molar-refractivity contribution in [2.45, 2.75) is 155 Å². The summed E-state index contributed by atoms with van der Waals surface area (Å²) in [5, 5.41) is 2.75. The fourth-order valence-corrected chi connectivity index (χ4v) is 4.80. The first-order valence-corrected chi connectivity index (χ1v) is 17.4. The molecule has 0 aromatic heterocycles. The van der Waals surface area contributed by atoms with Gasteiger partial charge in [0, 0.05) is 26.3 Å². The summed E-state index contributed by atoms with van der Waals surface area (Å²) < 4.78 is 25.5. The molecule has 0 radical (unpaired) electrons. The van der Waals surface area contributed by atoms with Crippen LogP contribution < -0.4 is 74.2 Å². The number of rotatable bonds is 29. The molecule has 10 nitrogen and oxygen atoms in total. The second kappa shape index (κ2) is 33.9. The molecule has 0 bridgehead atoms. The fourth-order valence-electron chi connectivity index (χ4n) is 4.45. The van der Waals surface area contributed by atoms with E-state index in [2.05, 4.69) is 16.8 Å². The van der Waals surface area contributed by atoms with Crippen molar-refractivity contribution in [3.63, 3.8) is 0 Å². The zero-order valence-corrected chi connectivity index (χ0v) is 32.6. The Labute approximate surface area is 305 Å². The molecule has 0 spiro atoms. The molecule has 0 aliphatic rings. The second-order valence-electron chi connectivity index (χ2n) is 10.9. The van der Waals surface area contributed by atoms with E-state index in [1.165, 1.54) is 64.7 Å². The van der Waals surface area contributed by atoms with E-state index < -0.39 is 32.5 Å². The third-order valence-electron chi connectivity index (χ3n) is 6.81. The number of nitrogens with one attached hydrogen (secondary N) is 1. The molecule has 1 N–H and O–H groups in total. The number of carbonyl (C=O) groups is 3. The first-order valence-electron chi connectivity index (χ1n) is 15.9. The largest absolute Gasteiger partial charge is 1.00 e. The van der Waals surface area contributed by atoms with Crippen LogP contribution in [0.25, 0.3) is 0 Å². The van der Waals surface area contributed by atoms with Crippen LogP contribution in [0.5, 0.6) is 0 Å². The Morgan fingerprint density at radius 2 is 1.07 bits per heavy atom. The number of amides is 1. The van der Waals surface area contributed by atoms with Crippen molar-refractivity contribution >= 4 is 25.7 Å². The number of phosphoric ester groups is 1. The quantitative estimate of drug-likeness (QED) is 0.0495. The van der Waals surface area contributed by atoms with Gasteiger partial charge >= 0.3 is 71.1 Å². The molecule has 0 saturated heterocycles. The van der Waals surface area contributed by atoms with Gasteiger partial charge in [-0.3, -0.25) is 14.4 Å². The van der Waals surface area contributed by atoms with Crippen LogP contribution in [-0.2, 0) is 32.9 Å². The van der Waals surface area contributed by atoms with Gasteiger partial charge < -0.3 is 33.7 Å². The molecule has 0 aliphatic carbocycles. The molecule has 0 aliphatic heterocycles. The predicted molar refractivity (Wildman–Crippen MR) is 156 cm³/mol. The Bertz CT molecular complexity index is 726. The molecule has 0 saturated carbocycles. The SMILES string of the molecule is CCCCCCCCCCCCCCCC(=O)O[C@H](COC(=O)CCCCCCCCNC(C)=O)COP(=O)([O-])[O-].[Na+].[Na+]. The van der Waals surface area contributed by atoms with E-state index >= 15 is 0 Å². The average molecular weight is 652 g/mol. The van der Waals surface area contributed by atoms with E-state index in [4.69, 9.17) is 9.47 Å². The van der Waals surface area contributed by atoms with Gasteiger partial charge in [-0.1, -0.05) is 110 Å². The van der Waals surface area contributed by atoms with Crippen LogP contribution in [0.15, 0.2) is 0 Å². The van der Waals surface area contributed by atoms with E-state index in [-0.39, 0.29) is 84.5 Å². The second-order valence-corrected chi connectivity index (χ2v) is 12.0. The maximum atomic E-state index is 12.2. The number of ether oxygens (including phenoxy) is 2. The minimum Gasteiger partial charge on any atom is -0.790 e. The van der Waals surface area contributed by atoms with Gasteiger partial charge in [-0.2, -0.15) is 0 Å². The van der Waals surface area contributed by atoms with Crippen molar-refractivity contribution in [1.82, 2.24) is 5.32 Å². The van der Waals surface area contributed by atoms with Crippen molar-refractivity contribution in [3.8, 4) is 0 Å². The van der Waals surface area contributed by atoms with Crippen LogP contribution >= 0.6 is 7.82 Å². The van der Waals surface area contributed by atoms with Crippen LogP contribution in [0, 0.1) is 0 Å². The van der Waals surface area contributed by atoms with E-state index in [1.807, 2.05) is 0 Å². The van der Waals surface area contributed by atoms with Crippen LogP contribution in [0.1, 0.15) is 149 Å². The van der Waals surface area contributed by atoms with Gasteiger partial charge in [-0.05, 0) is 19.3 Å². The summed E-state index contributed by atoms with van der Waals surface area (Å²) in [7, 11) is -5.25. The van der Waals surface area contributed by atoms with Crippen molar-refractivity contribution in [1.29, 1.82) is 0 Å². The van der Waals surface area contributed by atoms with Gasteiger partial charge in [0.25, 0.3) is 0 Å². The number of phosphoric acid groups is 1. The fraction of sp³-hybridized carbons (Fsp3) is 0.900. The molecule has 0 heterocycles. The van der Waals surface area contributed by atoms with Crippen LogP contribution in [-0.4, -0.2) is 43.7 Å². The standard InChI is InChI=1S/C30H58NO9P.2Na/c1-3-4-5-6-7-8-9-10-11-12-13-17-20-23-30(34)40-28(26-39-41(35,36)37)25-38-29(33)22-19-16-14-15-18-21-24-31-27(2)32;;/h28H,3-26H2,1-2H3,(H,31,32)(H2,35,36,37);;/q;2*+1/p-2/t28-;;/m1../s1. The molecule has 0 rings (SSSR count). The van der Waals surface area contributed by atoms with Crippen molar-refractivity contribution in [2.24, 2.45) is 0 Å². The molecular formula is C30H56NNa2O9P. The molecule has 0 unspecified atom stereocenters. The summed E-state index contributed by atoms with van der Waals surface area (Å²) in [6.07, 6.45) is 20.0. The number of unbranched alkanes of at least 4 members (excludes halogenated alkanes) is 17. The smallest absolute Gasteiger partial charge is 0.790 e. The summed E-state index contributed by atoms with van der Waals surface area (Å²) in [5.41, 5.74) is 0.